The fourth-order valence-corrected chi connectivity index (χ4v) is 3.69. The van der Waals surface area contributed by atoms with Crippen LogP contribution >= 0.6 is 22.9 Å². The number of hydrogen-bond acceptors (Lipinski definition) is 5. The Balaban J connectivity index is 2.17. The lowest BCUT2D eigenvalue weighted by Gasteiger charge is -2.02. The number of benzene rings is 1. The predicted molar refractivity (Wildman–Crippen MR) is 93.7 cm³/mol. The Morgan fingerprint density at radius 1 is 1.26 bits per heavy atom. The molecule has 3 rings (SSSR count). The van der Waals surface area contributed by atoms with Gasteiger partial charge >= 0.3 is 0 Å². The van der Waals surface area contributed by atoms with Crippen LogP contribution in [0, 0.1) is 6.92 Å². The minimum absolute atomic E-state index is 0.0785. The molecule has 2 aromatic heterocycles. The molecule has 23 heavy (non-hydrogen) atoms. The van der Waals surface area contributed by atoms with Crippen LogP contribution in [0.5, 0.6) is 0 Å². The van der Waals surface area contributed by atoms with Gasteiger partial charge in [-0.1, -0.05) is 23.7 Å². The molecular weight excluding hydrogens is 332 g/mol. The van der Waals surface area contributed by atoms with E-state index in [-0.39, 0.29) is 11.6 Å². The number of nitrogen functional groups attached to an aromatic ring is 1. The number of aryl methyl sites for hydroxylation is 1. The van der Waals surface area contributed by atoms with Crippen molar-refractivity contribution >= 4 is 50.4 Å². The monoisotopic (exact) mass is 344 g/mol. The average Bonchev–Trinajstić information content (AvgIpc) is 2.81. The quantitative estimate of drug-likeness (QED) is 0.720. The normalized spacial score (nSPS) is 10.9. The molecule has 0 radical (unpaired) electrons. The molecule has 3 aromatic rings. The summed E-state index contributed by atoms with van der Waals surface area (Å²) in [5, 5.41) is 1.12. The van der Waals surface area contributed by atoms with E-state index in [0.29, 0.717) is 42.6 Å². The van der Waals surface area contributed by atoms with Crippen LogP contribution in [0.25, 0.3) is 10.2 Å². The van der Waals surface area contributed by atoms with Crippen molar-refractivity contribution < 1.29 is 9.59 Å². The van der Waals surface area contributed by atoms with Crippen LogP contribution in [0.3, 0.4) is 0 Å². The number of Topliss-reactive ketones (excluding diaryl/α,β-unsaturated/α-hetero) is 1. The van der Waals surface area contributed by atoms with Gasteiger partial charge in [0.05, 0.1) is 5.69 Å². The first-order valence-corrected chi connectivity index (χ1v) is 8.08. The number of thiophene rings is 1. The van der Waals surface area contributed by atoms with Gasteiger partial charge in [0, 0.05) is 27.2 Å². The lowest BCUT2D eigenvalue weighted by molar-refractivity contribution is 0.101. The van der Waals surface area contributed by atoms with Crippen molar-refractivity contribution in [3.63, 3.8) is 0 Å². The molecule has 1 aromatic carbocycles. The Morgan fingerprint density at radius 3 is 2.65 bits per heavy atom. The van der Waals surface area contributed by atoms with E-state index in [2.05, 4.69) is 4.98 Å². The highest BCUT2D eigenvalue weighted by molar-refractivity contribution is 7.21. The third-order valence-corrected chi connectivity index (χ3v) is 4.93. The molecule has 0 saturated carbocycles. The summed E-state index contributed by atoms with van der Waals surface area (Å²) in [5.74, 6) is -0.278. The van der Waals surface area contributed by atoms with Crippen LogP contribution in [-0.2, 0) is 0 Å². The minimum atomic E-state index is -0.199. The highest BCUT2D eigenvalue weighted by Crippen LogP contribution is 2.35. The maximum absolute atomic E-state index is 12.7. The van der Waals surface area contributed by atoms with Gasteiger partial charge in [-0.3, -0.25) is 9.59 Å². The molecule has 2 N–H and O–H groups in total. The molecule has 6 heteroatoms. The maximum Gasteiger partial charge on any atom is 0.205 e. The van der Waals surface area contributed by atoms with Crippen molar-refractivity contribution in [3.05, 3.63) is 57.1 Å². The summed E-state index contributed by atoms with van der Waals surface area (Å²) in [7, 11) is 0. The zero-order valence-corrected chi connectivity index (χ0v) is 14.1. The third kappa shape index (κ3) is 2.73. The standard InChI is InChI=1S/C17H13ClN2O2S/c1-8-12(9(2)21)7-13-14(19)16(23-17(13)20-8)15(22)10-4-3-5-11(18)6-10/h3-7H,19H2,1-2H3. The number of aromatic nitrogens is 1. The maximum atomic E-state index is 12.7. The SMILES string of the molecule is CC(=O)c1cc2c(N)c(C(=O)c3cccc(Cl)c3)sc2nc1C. The van der Waals surface area contributed by atoms with E-state index in [1.165, 1.54) is 18.3 Å². The second-order valence-corrected chi connectivity index (χ2v) is 6.65. The lowest BCUT2D eigenvalue weighted by atomic mass is 10.1. The number of nitrogens with two attached hydrogens (primary N) is 1. The van der Waals surface area contributed by atoms with Crippen LogP contribution in [0.2, 0.25) is 5.02 Å². The molecule has 0 saturated heterocycles. The number of hydrogen-bond donors (Lipinski definition) is 1. The number of carbonyl (C=O) groups excluding carboxylic acids is 2. The van der Waals surface area contributed by atoms with Gasteiger partial charge in [0.25, 0.3) is 0 Å². The predicted octanol–water partition coefficient (Wildman–Crippen LogP) is 4.27. The van der Waals surface area contributed by atoms with Crippen molar-refractivity contribution in [1.82, 2.24) is 4.98 Å². The van der Waals surface area contributed by atoms with E-state index in [9.17, 15) is 9.59 Å². The molecule has 0 atom stereocenters. The summed E-state index contributed by atoms with van der Waals surface area (Å²) in [6.45, 7) is 3.25. The molecule has 0 spiro atoms. The van der Waals surface area contributed by atoms with Crippen molar-refractivity contribution in [2.24, 2.45) is 0 Å². The lowest BCUT2D eigenvalue weighted by Crippen LogP contribution is -2.02. The molecular formula is C17H13ClN2O2S. The Labute approximate surface area is 141 Å². The van der Waals surface area contributed by atoms with Gasteiger partial charge in [-0.05, 0) is 32.0 Å². The van der Waals surface area contributed by atoms with Crippen LogP contribution in [0.15, 0.2) is 30.3 Å². The number of carbonyl (C=O) groups is 2. The molecule has 0 bridgehead atoms. The van der Waals surface area contributed by atoms with Gasteiger partial charge < -0.3 is 5.73 Å². The van der Waals surface area contributed by atoms with Gasteiger partial charge in [-0.15, -0.1) is 11.3 Å². The summed E-state index contributed by atoms with van der Waals surface area (Å²) in [5.41, 5.74) is 8.11. The molecule has 0 amide bonds. The molecule has 0 unspecified atom stereocenters. The number of rotatable bonds is 3. The van der Waals surface area contributed by atoms with Crippen LogP contribution in [0.4, 0.5) is 5.69 Å². The van der Waals surface area contributed by atoms with Gasteiger partial charge in [0.2, 0.25) is 5.78 Å². The fraction of sp³-hybridized carbons (Fsp3) is 0.118. The molecule has 2 heterocycles. The van der Waals surface area contributed by atoms with Crippen molar-refractivity contribution in [3.8, 4) is 0 Å². The zero-order chi connectivity index (χ0) is 16.7. The molecule has 0 aliphatic carbocycles. The summed E-state index contributed by atoms with van der Waals surface area (Å²) in [6, 6.07) is 8.43. The number of pyridine rings is 1. The number of fused-ring (bicyclic) bond motifs is 1. The smallest absolute Gasteiger partial charge is 0.205 e. The van der Waals surface area contributed by atoms with Crippen molar-refractivity contribution in [2.45, 2.75) is 13.8 Å². The van der Waals surface area contributed by atoms with Gasteiger partial charge in [-0.2, -0.15) is 0 Å². The van der Waals surface area contributed by atoms with Gasteiger partial charge in [0.1, 0.15) is 9.71 Å². The average molecular weight is 345 g/mol. The minimum Gasteiger partial charge on any atom is -0.397 e. The third-order valence-electron chi connectivity index (χ3n) is 3.58. The first kappa shape index (κ1) is 15.6. The molecule has 116 valence electrons. The van der Waals surface area contributed by atoms with E-state index in [0.717, 1.165) is 0 Å². The van der Waals surface area contributed by atoms with Crippen LogP contribution in [0.1, 0.15) is 38.2 Å². The zero-order valence-electron chi connectivity index (χ0n) is 12.5. The van der Waals surface area contributed by atoms with Crippen LogP contribution in [-0.4, -0.2) is 16.6 Å². The fourth-order valence-electron chi connectivity index (χ4n) is 2.41. The summed E-state index contributed by atoms with van der Waals surface area (Å²) >= 11 is 7.17. The molecule has 0 fully saturated rings. The number of nitrogens with zero attached hydrogens (tertiary/aromatic N) is 1. The highest BCUT2D eigenvalue weighted by atomic mass is 35.5. The first-order chi connectivity index (χ1) is 10.9. The Bertz CT molecular complexity index is 963. The summed E-state index contributed by atoms with van der Waals surface area (Å²) in [4.78, 5) is 29.8. The first-order valence-electron chi connectivity index (χ1n) is 6.89. The Morgan fingerprint density at radius 2 is 2.00 bits per heavy atom. The molecule has 0 aliphatic rings. The van der Waals surface area contributed by atoms with E-state index < -0.39 is 0 Å². The Kier molecular flexibility index (Phi) is 3.92. The Hall–Kier alpha value is -2.24. The van der Waals surface area contributed by atoms with E-state index in [4.69, 9.17) is 17.3 Å². The van der Waals surface area contributed by atoms with Crippen LogP contribution < -0.4 is 5.73 Å². The summed E-state index contributed by atoms with van der Waals surface area (Å²) < 4.78 is 0. The summed E-state index contributed by atoms with van der Waals surface area (Å²) in [6.07, 6.45) is 0. The van der Waals surface area contributed by atoms with E-state index in [1.807, 2.05) is 0 Å². The second kappa shape index (κ2) is 5.76. The largest absolute Gasteiger partial charge is 0.397 e. The topological polar surface area (TPSA) is 73.1 Å². The highest BCUT2D eigenvalue weighted by Gasteiger charge is 2.20. The molecule has 4 nitrogen and oxygen atoms in total. The number of halogens is 1. The molecule has 0 aliphatic heterocycles. The van der Waals surface area contributed by atoms with E-state index >= 15 is 0 Å². The van der Waals surface area contributed by atoms with Gasteiger partial charge in [-0.25, -0.2) is 4.98 Å². The second-order valence-electron chi connectivity index (χ2n) is 5.21. The van der Waals surface area contributed by atoms with Crippen molar-refractivity contribution in [2.75, 3.05) is 5.73 Å². The van der Waals surface area contributed by atoms with Crippen molar-refractivity contribution in [1.29, 1.82) is 0 Å². The number of ketones is 2. The van der Waals surface area contributed by atoms with Gasteiger partial charge in [0.15, 0.2) is 5.78 Å². The number of anilines is 1. The van der Waals surface area contributed by atoms with E-state index in [1.54, 1.807) is 37.3 Å².